The molecule has 1 saturated carbocycles. The van der Waals surface area contributed by atoms with Crippen molar-refractivity contribution in [2.75, 3.05) is 5.75 Å². The number of hydrogen-bond donors (Lipinski definition) is 3. The molecule has 0 atom stereocenters. The maximum atomic E-state index is 13.4. The summed E-state index contributed by atoms with van der Waals surface area (Å²) in [7, 11) is -3.47. The zero-order valence-electron chi connectivity index (χ0n) is 16.4. The summed E-state index contributed by atoms with van der Waals surface area (Å²) in [5.74, 6) is -0.344. The zero-order chi connectivity index (χ0) is 21.7. The van der Waals surface area contributed by atoms with Gasteiger partial charge in [0.15, 0.2) is 11.5 Å². The molecule has 4 N–H and O–H groups in total. The molecule has 0 saturated heterocycles. The van der Waals surface area contributed by atoms with Gasteiger partial charge in [-0.25, -0.2) is 27.6 Å². The summed E-state index contributed by atoms with van der Waals surface area (Å²) in [5.41, 5.74) is 3.29. The highest BCUT2D eigenvalue weighted by atomic mass is 32.2. The van der Waals surface area contributed by atoms with Gasteiger partial charge in [-0.15, -0.1) is 0 Å². The van der Waals surface area contributed by atoms with Crippen LogP contribution in [0.15, 0.2) is 27.8 Å². The van der Waals surface area contributed by atoms with E-state index < -0.39 is 10.0 Å². The minimum atomic E-state index is -3.47. The summed E-state index contributed by atoms with van der Waals surface area (Å²) in [6, 6.07) is 4.26. The molecule has 0 aliphatic heterocycles. The molecule has 0 spiro atoms. The van der Waals surface area contributed by atoms with Crippen LogP contribution in [0.5, 0.6) is 0 Å². The number of aromatic nitrogens is 2. The Hall–Kier alpha value is -2.41. The Balaban J connectivity index is 1.62. The number of nitrogens with one attached hydrogen (secondary N) is 1. The first-order valence-electron chi connectivity index (χ1n) is 9.44. The zero-order valence-corrected chi connectivity index (χ0v) is 17.2. The van der Waals surface area contributed by atoms with Gasteiger partial charge in [0.1, 0.15) is 11.5 Å². The Bertz CT molecular complexity index is 1000. The summed E-state index contributed by atoms with van der Waals surface area (Å²) in [5, 5.41) is 22.2. The predicted molar refractivity (Wildman–Crippen MR) is 105 cm³/mol. The number of nitrogens with zero attached hydrogens (tertiary/aromatic N) is 3. The maximum Gasteiger partial charge on any atom is 0.209 e. The van der Waals surface area contributed by atoms with Crippen molar-refractivity contribution in [2.24, 2.45) is 16.0 Å². The molecule has 0 unspecified atom stereocenters. The van der Waals surface area contributed by atoms with E-state index in [9.17, 15) is 18.0 Å². The van der Waals surface area contributed by atoms with Gasteiger partial charge in [-0.05, 0) is 67.4 Å². The first-order valence-corrected chi connectivity index (χ1v) is 11.2. The number of primary sulfonamides is 1. The minimum Gasteiger partial charge on any atom is -0.372 e. The lowest BCUT2D eigenvalue weighted by Crippen LogP contribution is -2.29. The highest BCUT2D eigenvalue weighted by Gasteiger charge is 2.26. The number of halogens is 1. The van der Waals surface area contributed by atoms with E-state index >= 15 is 0 Å². The number of aliphatic imine (C=N–C) groups is 1. The van der Waals surface area contributed by atoms with Gasteiger partial charge in [-0.3, -0.25) is 10.7 Å². The molecule has 0 radical (unpaired) electrons. The number of benzene rings is 1. The summed E-state index contributed by atoms with van der Waals surface area (Å²) in [6.07, 6.45) is 2.76. The second-order valence-electron chi connectivity index (χ2n) is 7.35. The molecule has 0 bridgehead atoms. The maximum absolute atomic E-state index is 13.4. The van der Waals surface area contributed by atoms with E-state index in [0.29, 0.717) is 42.6 Å². The van der Waals surface area contributed by atoms with Gasteiger partial charge in [0.25, 0.3) is 0 Å². The number of ether oxygens (including phenoxy) is 1. The first-order chi connectivity index (χ1) is 14.2. The average Bonchev–Trinajstić information content (AvgIpc) is 3.15. The predicted octanol–water partition coefficient (Wildman–Crippen LogP) is 1.94. The molecule has 1 heterocycles. The molecule has 1 aromatic carbocycles. The normalized spacial score (nSPS) is 20.3. The third-order valence-electron chi connectivity index (χ3n) is 4.99. The molecule has 0 amide bonds. The third-order valence-corrected chi connectivity index (χ3v) is 5.92. The average molecular weight is 441 g/mol. The van der Waals surface area contributed by atoms with Gasteiger partial charge >= 0.3 is 0 Å². The van der Waals surface area contributed by atoms with Gasteiger partial charge in [-0.1, -0.05) is 5.16 Å². The van der Waals surface area contributed by atoms with Crippen molar-refractivity contribution in [1.82, 2.24) is 15.8 Å². The van der Waals surface area contributed by atoms with E-state index in [1.54, 1.807) is 6.92 Å². The monoisotopic (exact) mass is 441 g/mol. The van der Waals surface area contributed by atoms with Crippen molar-refractivity contribution in [3.05, 3.63) is 41.0 Å². The van der Waals surface area contributed by atoms with Crippen LogP contribution in [-0.2, 0) is 21.4 Å². The fourth-order valence-corrected chi connectivity index (χ4v) is 4.42. The van der Waals surface area contributed by atoms with Crippen LogP contribution in [0.1, 0.15) is 42.6 Å². The summed E-state index contributed by atoms with van der Waals surface area (Å²) < 4.78 is 46.5. The number of sulfonamides is 1. The van der Waals surface area contributed by atoms with Crippen molar-refractivity contribution in [2.45, 2.75) is 45.3 Å². The van der Waals surface area contributed by atoms with Crippen LogP contribution in [-0.4, -0.2) is 41.6 Å². The number of nitrogens with two attached hydrogens (primary N) is 1. The fraction of sp³-hybridized carbons (Fsp3) is 0.500. The van der Waals surface area contributed by atoms with Crippen molar-refractivity contribution >= 4 is 21.5 Å². The van der Waals surface area contributed by atoms with Gasteiger partial charge in [-0.2, -0.15) is 0 Å². The lowest BCUT2D eigenvalue weighted by atomic mass is 9.89. The molecule has 10 nitrogen and oxygen atoms in total. The molecule has 1 aliphatic carbocycles. The van der Waals surface area contributed by atoms with Gasteiger partial charge in [0, 0.05) is 0 Å². The number of rotatable bonds is 7. The summed E-state index contributed by atoms with van der Waals surface area (Å²) in [4.78, 5) is 4.22. The van der Waals surface area contributed by atoms with Crippen LogP contribution in [0.25, 0.3) is 0 Å². The summed E-state index contributed by atoms with van der Waals surface area (Å²) >= 11 is 0. The topological polar surface area (TPSA) is 153 Å². The Morgan fingerprint density at radius 1 is 1.37 bits per heavy atom. The number of hydroxylamine groups is 1. The molecular weight excluding hydrogens is 417 g/mol. The molecule has 164 valence electrons. The van der Waals surface area contributed by atoms with Gasteiger partial charge in [0.2, 0.25) is 10.0 Å². The second kappa shape index (κ2) is 9.60. The highest BCUT2D eigenvalue weighted by Crippen LogP contribution is 2.27. The van der Waals surface area contributed by atoms with E-state index in [4.69, 9.17) is 14.5 Å². The third kappa shape index (κ3) is 6.05. The largest absolute Gasteiger partial charge is 0.372 e. The molecule has 2 aromatic rings. The Morgan fingerprint density at radius 3 is 2.73 bits per heavy atom. The van der Waals surface area contributed by atoms with Crippen LogP contribution >= 0.6 is 0 Å². The van der Waals surface area contributed by atoms with E-state index in [-0.39, 0.29) is 41.7 Å². The van der Waals surface area contributed by atoms with E-state index in [0.717, 1.165) is 0 Å². The Labute approximate surface area is 173 Å². The first kappa shape index (κ1) is 22.3. The van der Waals surface area contributed by atoms with E-state index in [2.05, 4.69) is 15.3 Å². The number of amidine groups is 1. The molecule has 1 fully saturated rings. The fourth-order valence-electron chi connectivity index (χ4n) is 3.43. The van der Waals surface area contributed by atoms with Crippen LogP contribution < -0.4 is 10.6 Å². The van der Waals surface area contributed by atoms with Gasteiger partial charge in [0.05, 0.1) is 24.2 Å². The molecule has 3 rings (SSSR count). The smallest absolute Gasteiger partial charge is 0.209 e. The number of hydrogen-bond acceptors (Lipinski definition) is 8. The Morgan fingerprint density at radius 2 is 2.10 bits per heavy atom. The molecule has 1 aromatic heterocycles. The van der Waals surface area contributed by atoms with E-state index in [1.165, 1.54) is 18.2 Å². The van der Waals surface area contributed by atoms with Crippen molar-refractivity contribution in [1.29, 1.82) is 0 Å². The highest BCUT2D eigenvalue weighted by molar-refractivity contribution is 7.89. The molecule has 12 heteroatoms. The Kier molecular flexibility index (Phi) is 7.13. The quantitative estimate of drug-likeness (QED) is 0.335. The van der Waals surface area contributed by atoms with Gasteiger partial charge < -0.3 is 4.74 Å². The van der Waals surface area contributed by atoms with Crippen LogP contribution in [0, 0.1) is 18.7 Å². The van der Waals surface area contributed by atoms with Crippen LogP contribution in [0.4, 0.5) is 10.1 Å². The molecule has 30 heavy (non-hydrogen) atoms. The summed E-state index contributed by atoms with van der Waals surface area (Å²) in [6.45, 7) is 1.68. The van der Waals surface area contributed by atoms with E-state index in [1.807, 2.05) is 5.48 Å². The SMILES string of the molecule is Cc1cc(N=C(NO)c2nonc2COC2CCC(CS(N)(=O)=O)CC2)ccc1F. The van der Waals surface area contributed by atoms with Crippen molar-refractivity contribution < 1.29 is 27.4 Å². The molecule has 1 aliphatic rings. The standard InChI is InChI=1S/C18H24FN5O5S/c1-11-8-13(4-7-15(11)19)21-18(22-25)17-16(23-29-24-17)9-28-14-5-2-12(3-6-14)10-30(20,26)27/h4,7-8,12,14,25H,2-3,5-6,9-10H2,1H3,(H,21,22)(H2,20,26,27). The number of aryl methyl sites for hydroxylation is 1. The minimum absolute atomic E-state index is 0.0120. The van der Waals surface area contributed by atoms with Crippen LogP contribution in [0.3, 0.4) is 0 Å². The molecular formula is C18H24FN5O5S. The second-order valence-corrected chi connectivity index (χ2v) is 9.01. The van der Waals surface area contributed by atoms with Crippen molar-refractivity contribution in [3.63, 3.8) is 0 Å². The lowest BCUT2D eigenvalue weighted by Gasteiger charge is -2.27. The van der Waals surface area contributed by atoms with Crippen molar-refractivity contribution in [3.8, 4) is 0 Å². The van der Waals surface area contributed by atoms with Crippen LogP contribution in [0.2, 0.25) is 0 Å². The lowest BCUT2D eigenvalue weighted by molar-refractivity contribution is 0.00640.